The maximum Gasteiger partial charge on any atom is 0.333 e. The number of nitro groups is 1. The lowest BCUT2D eigenvalue weighted by atomic mass is 10.2. The van der Waals surface area contributed by atoms with E-state index in [2.05, 4.69) is 17.0 Å². The third-order valence-electron chi connectivity index (χ3n) is 2.74. The van der Waals surface area contributed by atoms with E-state index in [4.69, 9.17) is 5.11 Å². The zero-order valence-electron chi connectivity index (χ0n) is 11.7. The maximum absolute atomic E-state index is 11.2. The third-order valence-corrected chi connectivity index (χ3v) is 2.74. The maximum atomic E-state index is 11.2. The smallest absolute Gasteiger partial charge is 0.333 e. The first-order chi connectivity index (χ1) is 9.29. The number of aromatic nitrogens is 2. The summed E-state index contributed by atoms with van der Waals surface area (Å²) in [7, 11) is 0. The Kier molecular flexibility index (Phi) is 4.84. The van der Waals surface area contributed by atoms with Gasteiger partial charge in [-0.15, -0.1) is 6.58 Å². The highest BCUT2D eigenvalue weighted by atomic mass is 16.6. The van der Waals surface area contributed by atoms with E-state index in [1.165, 1.54) is 17.7 Å². The van der Waals surface area contributed by atoms with Gasteiger partial charge in [-0.1, -0.05) is 6.08 Å². The summed E-state index contributed by atoms with van der Waals surface area (Å²) in [5.74, 6) is -0.995. The summed E-state index contributed by atoms with van der Waals surface area (Å²) in [5, 5.41) is 27.0. The Morgan fingerprint density at radius 1 is 1.65 bits per heavy atom. The highest BCUT2D eigenvalue weighted by molar-refractivity contribution is 5.78. The number of aliphatic carboxylic acids is 1. The molecule has 0 saturated heterocycles. The number of carbonyl (C=O) groups is 1. The molecule has 1 unspecified atom stereocenters. The number of nitrogens with zero attached hydrogens (tertiary/aromatic N) is 3. The van der Waals surface area contributed by atoms with E-state index in [9.17, 15) is 14.9 Å². The first kappa shape index (κ1) is 15.7. The second kappa shape index (κ2) is 6.18. The zero-order chi connectivity index (χ0) is 15.4. The van der Waals surface area contributed by atoms with Gasteiger partial charge in [0.2, 0.25) is 5.82 Å². The molecule has 0 fully saturated rings. The van der Waals surface area contributed by atoms with Gasteiger partial charge in [-0.25, -0.2) is 9.48 Å². The number of anilines is 1. The standard InChI is InChI=1S/C12H18N4O4/c1-5-6-9(12(17)18)13-11-10(16(19)20)8(4)14-15(11)7(2)3/h5,7,9,13H,1,6H2,2-4H3,(H,17,18). The molecule has 0 bridgehead atoms. The van der Waals surface area contributed by atoms with Crippen LogP contribution in [0.1, 0.15) is 32.0 Å². The molecule has 1 rings (SSSR count). The van der Waals surface area contributed by atoms with Crippen molar-refractivity contribution >= 4 is 17.5 Å². The minimum Gasteiger partial charge on any atom is -0.480 e. The highest BCUT2D eigenvalue weighted by Crippen LogP contribution is 2.31. The summed E-state index contributed by atoms with van der Waals surface area (Å²) in [4.78, 5) is 21.7. The predicted octanol–water partition coefficient (Wildman–Crippen LogP) is 2.12. The van der Waals surface area contributed by atoms with E-state index in [0.29, 0.717) is 0 Å². The largest absolute Gasteiger partial charge is 0.480 e. The average molecular weight is 282 g/mol. The van der Waals surface area contributed by atoms with Gasteiger partial charge in [0.1, 0.15) is 11.7 Å². The topological polar surface area (TPSA) is 110 Å². The van der Waals surface area contributed by atoms with Crippen LogP contribution in [0.5, 0.6) is 0 Å². The van der Waals surface area contributed by atoms with Crippen molar-refractivity contribution in [2.75, 3.05) is 5.32 Å². The van der Waals surface area contributed by atoms with Crippen LogP contribution in [-0.2, 0) is 4.79 Å². The number of carboxylic acid groups (broad SMARTS) is 1. The summed E-state index contributed by atoms with van der Waals surface area (Å²) in [5.41, 5.74) is 0.0444. The van der Waals surface area contributed by atoms with Crippen molar-refractivity contribution < 1.29 is 14.8 Å². The average Bonchev–Trinajstić information content (AvgIpc) is 2.65. The van der Waals surface area contributed by atoms with E-state index in [-0.39, 0.29) is 29.7 Å². The fourth-order valence-corrected chi connectivity index (χ4v) is 1.82. The fourth-order valence-electron chi connectivity index (χ4n) is 1.82. The van der Waals surface area contributed by atoms with Crippen LogP contribution < -0.4 is 5.32 Å². The van der Waals surface area contributed by atoms with Gasteiger partial charge in [0.25, 0.3) is 0 Å². The molecule has 1 aromatic heterocycles. The highest BCUT2D eigenvalue weighted by Gasteiger charge is 2.29. The van der Waals surface area contributed by atoms with Crippen molar-refractivity contribution in [3.63, 3.8) is 0 Å². The number of hydrogen-bond donors (Lipinski definition) is 2. The normalized spacial score (nSPS) is 12.2. The summed E-state index contributed by atoms with van der Waals surface area (Å²) in [6, 6.07) is -1.12. The molecule has 8 heteroatoms. The monoisotopic (exact) mass is 282 g/mol. The second-order valence-corrected chi connectivity index (χ2v) is 4.64. The Morgan fingerprint density at radius 3 is 2.65 bits per heavy atom. The number of aryl methyl sites for hydroxylation is 1. The van der Waals surface area contributed by atoms with Crippen molar-refractivity contribution in [1.29, 1.82) is 0 Å². The Labute approximate surface area is 116 Å². The molecular formula is C12H18N4O4. The van der Waals surface area contributed by atoms with Gasteiger partial charge in [0, 0.05) is 6.04 Å². The lowest BCUT2D eigenvalue weighted by molar-refractivity contribution is -0.384. The van der Waals surface area contributed by atoms with E-state index in [0.717, 1.165) is 0 Å². The van der Waals surface area contributed by atoms with E-state index < -0.39 is 16.9 Å². The van der Waals surface area contributed by atoms with Crippen molar-refractivity contribution in [1.82, 2.24) is 9.78 Å². The predicted molar refractivity (Wildman–Crippen MR) is 73.9 cm³/mol. The summed E-state index contributed by atoms with van der Waals surface area (Å²) in [6.45, 7) is 8.62. The molecule has 1 aromatic rings. The van der Waals surface area contributed by atoms with Gasteiger partial charge in [-0.2, -0.15) is 5.10 Å². The van der Waals surface area contributed by atoms with Crippen molar-refractivity contribution in [2.45, 2.75) is 39.3 Å². The van der Waals surface area contributed by atoms with Crippen molar-refractivity contribution in [3.8, 4) is 0 Å². The van der Waals surface area contributed by atoms with Crippen LogP contribution in [0.3, 0.4) is 0 Å². The molecule has 0 spiro atoms. The third kappa shape index (κ3) is 3.14. The molecule has 0 aliphatic heterocycles. The van der Waals surface area contributed by atoms with E-state index in [1.807, 2.05) is 13.8 Å². The second-order valence-electron chi connectivity index (χ2n) is 4.64. The van der Waals surface area contributed by atoms with Gasteiger partial charge in [-0.05, 0) is 27.2 Å². The van der Waals surface area contributed by atoms with Gasteiger partial charge < -0.3 is 10.4 Å². The molecule has 2 N–H and O–H groups in total. The van der Waals surface area contributed by atoms with Gasteiger partial charge in [0.05, 0.1) is 4.92 Å². The first-order valence-corrected chi connectivity index (χ1v) is 6.13. The summed E-state index contributed by atoms with van der Waals surface area (Å²) >= 11 is 0. The van der Waals surface area contributed by atoms with Crippen LogP contribution in [0.25, 0.3) is 0 Å². The number of rotatable bonds is 7. The van der Waals surface area contributed by atoms with Crippen molar-refractivity contribution in [3.05, 3.63) is 28.5 Å². The molecule has 0 saturated carbocycles. The number of nitrogens with one attached hydrogen (secondary N) is 1. The molecular weight excluding hydrogens is 264 g/mol. The molecule has 110 valence electrons. The van der Waals surface area contributed by atoms with Gasteiger partial charge in [0.15, 0.2) is 0 Å². The van der Waals surface area contributed by atoms with Crippen LogP contribution in [0.2, 0.25) is 0 Å². The molecule has 1 heterocycles. The lowest BCUT2D eigenvalue weighted by Gasteiger charge is -2.16. The molecule has 0 aliphatic carbocycles. The molecule has 0 aromatic carbocycles. The van der Waals surface area contributed by atoms with Crippen LogP contribution in [-0.4, -0.2) is 31.8 Å². The summed E-state index contributed by atoms with van der Waals surface area (Å²) in [6.07, 6.45) is 1.59. The Hall–Kier alpha value is -2.38. The molecule has 1 atom stereocenters. The molecule has 0 aliphatic rings. The number of carboxylic acids is 1. The lowest BCUT2D eigenvalue weighted by Crippen LogP contribution is -2.30. The Balaban J connectivity index is 3.29. The van der Waals surface area contributed by atoms with Crippen molar-refractivity contribution in [2.24, 2.45) is 0 Å². The van der Waals surface area contributed by atoms with Gasteiger partial charge >= 0.3 is 11.7 Å². The quantitative estimate of drug-likeness (QED) is 0.450. The molecule has 0 radical (unpaired) electrons. The van der Waals surface area contributed by atoms with Crippen LogP contribution in [0.15, 0.2) is 12.7 Å². The Morgan fingerprint density at radius 2 is 2.25 bits per heavy atom. The Bertz CT molecular complexity index is 536. The van der Waals surface area contributed by atoms with Crippen LogP contribution >= 0.6 is 0 Å². The zero-order valence-corrected chi connectivity index (χ0v) is 11.7. The molecule has 8 nitrogen and oxygen atoms in total. The fraction of sp³-hybridized carbons (Fsp3) is 0.500. The minimum absolute atomic E-state index is 0.108. The summed E-state index contributed by atoms with van der Waals surface area (Å²) < 4.78 is 1.42. The SMILES string of the molecule is C=CCC(Nc1c([N+](=O)[O-])c(C)nn1C(C)C)C(=O)O. The van der Waals surface area contributed by atoms with E-state index >= 15 is 0 Å². The minimum atomic E-state index is -1.10. The van der Waals surface area contributed by atoms with Gasteiger partial charge in [-0.3, -0.25) is 10.1 Å². The first-order valence-electron chi connectivity index (χ1n) is 6.13. The van der Waals surface area contributed by atoms with E-state index in [1.54, 1.807) is 0 Å². The molecule has 0 amide bonds. The van der Waals surface area contributed by atoms with Crippen LogP contribution in [0, 0.1) is 17.0 Å². The number of hydrogen-bond acceptors (Lipinski definition) is 5. The van der Waals surface area contributed by atoms with Crippen LogP contribution in [0.4, 0.5) is 11.5 Å². The molecule has 20 heavy (non-hydrogen) atoms.